The van der Waals surface area contributed by atoms with Crippen LogP contribution in [0.5, 0.6) is 0 Å². The van der Waals surface area contributed by atoms with Gasteiger partial charge in [-0.15, -0.1) is 0 Å². The number of hydrazone groups is 1. The van der Waals surface area contributed by atoms with E-state index in [0.717, 1.165) is 25.8 Å². The van der Waals surface area contributed by atoms with Crippen molar-refractivity contribution in [3.05, 3.63) is 98.0 Å². The predicted octanol–water partition coefficient (Wildman–Crippen LogP) is 5.96. The van der Waals surface area contributed by atoms with Crippen LogP contribution in [0.3, 0.4) is 0 Å². The van der Waals surface area contributed by atoms with E-state index in [9.17, 15) is 14.9 Å². The Balaban J connectivity index is 1.74. The lowest BCUT2D eigenvalue weighted by atomic mass is 10.2. The smallest absolute Gasteiger partial charge is 0.267 e. The summed E-state index contributed by atoms with van der Waals surface area (Å²) in [7, 11) is 0. The van der Waals surface area contributed by atoms with Crippen LogP contribution in [0.4, 0.5) is 10.8 Å². The third-order valence-electron chi connectivity index (χ3n) is 4.42. The highest BCUT2D eigenvalue weighted by Crippen LogP contribution is 2.31. The number of amides is 1. The number of fused-ring (bicyclic) bond motifs is 1. The standard InChI is InChI=1S/C22H15BrN4O3S/c1-14-2-11-19-20(12-14)31-22(25-19)26(24-13-15-3-7-17(23)8-4-15)21(28)16-5-9-18(10-6-16)27(29)30/h2-13H,1H3/b24-13+. The quantitative estimate of drug-likeness (QED) is 0.194. The average molecular weight is 495 g/mol. The number of anilines is 1. The summed E-state index contributed by atoms with van der Waals surface area (Å²) in [6.07, 6.45) is 1.58. The number of rotatable bonds is 5. The van der Waals surface area contributed by atoms with Crippen molar-refractivity contribution in [2.45, 2.75) is 6.92 Å². The van der Waals surface area contributed by atoms with E-state index in [0.29, 0.717) is 5.13 Å². The molecule has 0 saturated carbocycles. The molecule has 154 valence electrons. The molecule has 9 heteroatoms. The number of halogens is 1. The number of aromatic nitrogens is 1. The zero-order valence-corrected chi connectivity index (χ0v) is 18.6. The van der Waals surface area contributed by atoms with Crippen LogP contribution in [-0.4, -0.2) is 22.0 Å². The summed E-state index contributed by atoms with van der Waals surface area (Å²) in [5.41, 5.74) is 2.85. The first-order valence-electron chi connectivity index (χ1n) is 9.16. The summed E-state index contributed by atoms with van der Waals surface area (Å²) in [6, 6.07) is 18.8. The Morgan fingerprint density at radius 2 is 1.84 bits per heavy atom. The first kappa shape index (κ1) is 20.8. The van der Waals surface area contributed by atoms with Crippen LogP contribution in [0.1, 0.15) is 21.5 Å². The molecule has 0 bridgehead atoms. The van der Waals surface area contributed by atoms with Gasteiger partial charge in [0.1, 0.15) is 0 Å². The zero-order valence-electron chi connectivity index (χ0n) is 16.2. The minimum Gasteiger partial charge on any atom is -0.267 e. The van der Waals surface area contributed by atoms with Gasteiger partial charge in [-0.3, -0.25) is 14.9 Å². The van der Waals surface area contributed by atoms with Gasteiger partial charge in [0.25, 0.3) is 11.6 Å². The topological polar surface area (TPSA) is 88.7 Å². The van der Waals surface area contributed by atoms with E-state index in [1.54, 1.807) is 6.21 Å². The molecule has 0 spiro atoms. The van der Waals surface area contributed by atoms with Crippen LogP contribution in [0.2, 0.25) is 0 Å². The molecular weight excluding hydrogens is 480 g/mol. The van der Waals surface area contributed by atoms with Crippen molar-refractivity contribution in [2.24, 2.45) is 5.10 Å². The molecule has 0 atom stereocenters. The number of nitrogens with zero attached hydrogens (tertiary/aromatic N) is 4. The minimum absolute atomic E-state index is 0.0862. The van der Waals surface area contributed by atoms with Gasteiger partial charge < -0.3 is 0 Å². The van der Waals surface area contributed by atoms with Crippen molar-refractivity contribution in [3.8, 4) is 0 Å². The van der Waals surface area contributed by atoms with Gasteiger partial charge >= 0.3 is 0 Å². The number of carbonyl (C=O) groups excluding carboxylic acids is 1. The molecule has 0 unspecified atom stereocenters. The first-order valence-corrected chi connectivity index (χ1v) is 10.8. The third kappa shape index (κ3) is 4.68. The Kier molecular flexibility index (Phi) is 5.88. The van der Waals surface area contributed by atoms with E-state index in [1.807, 2.05) is 49.4 Å². The number of nitro groups is 1. The number of hydrogen-bond acceptors (Lipinski definition) is 6. The number of hydrogen-bond donors (Lipinski definition) is 0. The van der Waals surface area contributed by atoms with Crippen LogP contribution in [0.25, 0.3) is 10.2 Å². The second-order valence-electron chi connectivity index (χ2n) is 6.68. The average Bonchev–Trinajstić information content (AvgIpc) is 3.17. The van der Waals surface area contributed by atoms with Gasteiger partial charge in [0.2, 0.25) is 5.13 Å². The molecule has 0 saturated heterocycles. The summed E-state index contributed by atoms with van der Waals surface area (Å²) in [5, 5.41) is 17.0. The SMILES string of the molecule is Cc1ccc2nc(N(/N=C/c3ccc(Br)cc3)C(=O)c3ccc([N+](=O)[O-])cc3)sc2c1. The number of non-ortho nitro benzene ring substituents is 1. The molecule has 1 aromatic heterocycles. The number of aryl methyl sites for hydroxylation is 1. The second kappa shape index (κ2) is 8.75. The fourth-order valence-corrected chi connectivity index (χ4v) is 4.10. The summed E-state index contributed by atoms with van der Waals surface area (Å²) in [5.74, 6) is -0.431. The van der Waals surface area contributed by atoms with Crippen molar-refractivity contribution in [3.63, 3.8) is 0 Å². The molecule has 0 radical (unpaired) electrons. The van der Waals surface area contributed by atoms with Gasteiger partial charge in [-0.25, -0.2) is 4.98 Å². The van der Waals surface area contributed by atoms with E-state index in [-0.39, 0.29) is 11.3 Å². The minimum atomic E-state index is -0.506. The Morgan fingerprint density at radius 1 is 1.13 bits per heavy atom. The fraction of sp³-hybridized carbons (Fsp3) is 0.0455. The van der Waals surface area contributed by atoms with Crippen molar-refractivity contribution < 1.29 is 9.72 Å². The molecule has 1 heterocycles. The van der Waals surface area contributed by atoms with E-state index in [4.69, 9.17) is 0 Å². The van der Waals surface area contributed by atoms with Gasteiger partial charge in [-0.1, -0.05) is 45.5 Å². The third-order valence-corrected chi connectivity index (χ3v) is 5.95. The fourth-order valence-electron chi connectivity index (χ4n) is 2.82. The molecule has 31 heavy (non-hydrogen) atoms. The molecule has 4 rings (SSSR count). The van der Waals surface area contributed by atoms with Gasteiger partial charge in [0, 0.05) is 22.2 Å². The molecule has 0 aliphatic rings. The molecule has 1 amide bonds. The number of thiazole rings is 1. The second-order valence-corrected chi connectivity index (χ2v) is 8.61. The van der Waals surface area contributed by atoms with Crippen LogP contribution in [0.15, 0.2) is 76.3 Å². The molecular formula is C22H15BrN4O3S. The van der Waals surface area contributed by atoms with Gasteiger partial charge in [0.15, 0.2) is 0 Å². The lowest BCUT2D eigenvalue weighted by Crippen LogP contribution is -2.25. The summed E-state index contributed by atoms with van der Waals surface area (Å²) in [6.45, 7) is 1.99. The summed E-state index contributed by atoms with van der Waals surface area (Å²) >= 11 is 4.74. The Labute approximate surface area is 189 Å². The van der Waals surface area contributed by atoms with E-state index in [1.165, 1.54) is 40.6 Å². The van der Waals surface area contributed by atoms with Crippen LogP contribution in [-0.2, 0) is 0 Å². The highest BCUT2D eigenvalue weighted by molar-refractivity contribution is 9.10. The van der Waals surface area contributed by atoms with Crippen molar-refractivity contribution in [2.75, 3.05) is 5.01 Å². The maximum absolute atomic E-state index is 13.2. The van der Waals surface area contributed by atoms with E-state index in [2.05, 4.69) is 26.0 Å². The highest BCUT2D eigenvalue weighted by Gasteiger charge is 2.22. The predicted molar refractivity (Wildman–Crippen MR) is 126 cm³/mol. The molecule has 4 aromatic rings. The molecule has 3 aromatic carbocycles. The maximum Gasteiger partial charge on any atom is 0.280 e. The Hall–Kier alpha value is -3.43. The first-order chi connectivity index (χ1) is 14.9. The maximum atomic E-state index is 13.2. The molecule has 7 nitrogen and oxygen atoms in total. The largest absolute Gasteiger partial charge is 0.280 e. The molecule has 0 fully saturated rings. The van der Waals surface area contributed by atoms with Crippen LogP contribution >= 0.6 is 27.3 Å². The monoisotopic (exact) mass is 494 g/mol. The van der Waals surface area contributed by atoms with E-state index >= 15 is 0 Å². The Bertz CT molecular complexity index is 1300. The van der Waals surface area contributed by atoms with Crippen molar-refractivity contribution in [1.82, 2.24) is 4.98 Å². The van der Waals surface area contributed by atoms with Crippen molar-refractivity contribution in [1.29, 1.82) is 0 Å². The van der Waals surface area contributed by atoms with Crippen LogP contribution < -0.4 is 5.01 Å². The van der Waals surface area contributed by atoms with Crippen molar-refractivity contribution >= 4 is 60.4 Å². The zero-order chi connectivity index (χ0) is 22.0. The lowest BCUT2D eigenvalue weighted by molar-refractivity contribution is -0.384. The van der Waals surface area contributed by atoms with Gasteiger partial charge in [-0.05, 0) is 54.4 Å². The molecule has 0 aliphatic heterocycles. The molecule has 0 aliphatic carbocycles. The number of benzene rings is 3. The number of nitro benzene ring substituents is 1. The summed E-state index contributed by atoms with van der Waals surface area (Å²) in [4.78, 5) is 28.2. The van der Waals surface area contributed by atoms with Gasteiger partial charge in [0.05, 0.1) is 21.4 Å². The Morgan fingerprint density at radius 3 is 2.52 bits per heavy atom. The van der Waals surface area contributed by atoms with E-state index < -0.39 is 10.8 Å². The number of carbonyl (C=O) groups is 1. The lowest BCUT2D eigenvalue weighted by Gasteiger charge is -2.13. The summed E-state index contributed by atoms with van der Waals surface area (Å²) < 4.78 is 1.88. The van der Waals surface area contributed by atoms with Crippen LogP contribution in [0, 0.1) is 17.0 Å². The highest BCUT2D eigenvalue weighted by atomic mass is 79.9. The van der Waals surface area contributed by atoms with Gasteiger partial charge in [-0.2, -0.15) is 10.1 Å². The normalized spacial score (nSPS) is 11.2. The molecule has 0 N–H and O–H groups in total.